The maximum atomic E-state index is 9.47. The highest BCUT2D eigenvalue weighted by atomic mass is 32.2. The van der Waals surface area contributed by atoms with Crippen molar-refractivity contribution in [2.75, 3.05) is 26.0 Å². The first-order chi connectivity index (χ1) is 9.56. The largest absolute Gasteiger partial charge is 0.395 e. The van der Waals surface area contributed by atoms with Gasteiger partial charge in [-0.15, -0.1) is 0 Å². The lowest BCUT2D eigenvalue weighted by Gasteiger charge is -2.50. The van der Waals surface area contributed by atoms with Crippen molar-refractivity contribution in [3.05, 3.63) is 0 Å². The van der Waals surface area contributed by atoms with Crippen LogP contribution in [0.1, 0.15) is 40.0 Å². The van der Waals surface area contributed by atoms with Crippen LogP contribution in [0, 0.1) is 11.8 Å². The van der Waals surface area contributed by atoms with Crippen molar-refractivity contribution in [3.8, 4) is 0 Å². The van der Waals surface area contributed by atoms with Gasteiger partial charge in [-0.3, -0.25) is 0 Å². The van der Waals surface area contributed by atoms with E-state index in [-0.39, 0.29) is 6.61 Å². The van der Waals surface area contributed by atoms with Crippen LogP contribution in [0.3, 0.4) is 0 Å². The van der Waals surface area contributed by atoms with E-state index in [1.807, 2.05) is 0 Å². The van der Waals surface area contributed by atoms with Gasteiger partial charge in [0.25, 0.3) is 0 Å². The first-order valence-electron chi connectivity index (χ1n) is 8.20. The normalized spacial score (nSPS) is 34.2. The van der Waals surface area contributed by atoms with Gasteiger partial charge in [-0.1, -0.05) is 6.42 Å². The molecule has 1 aliphatic heterocycles. The molecule has 4 heteroatoms. The van der Waals surface area contributed by atoms with Crippen LogP contribution in [0.5, 0.6) is 0 Å². The molecule has 0 radical (unpaired) electrons. The smallest absolute Gasteiger partial charge is 0.0564 e. The maximum Gasteiger partial charge on any atom is 0.0564 e. The molecule has 20 heavy (non-hydrogen) atoms. The van der Waals surface area contributed by atoms with Crippen LogP contribution < -0.4 is 5.32 Å². The average Bonchev–Trinajstić information content (AvgIpc) is 2.39. The summed E-state index contributed by atoms with van der Waals surface area (Å²) < 4.78 is 0. The molecule has 0 aromatic heterocycles. The summed E-state index contributed by atoms with van der Waals surface area (Å²) in [5, 5.41) is 13.7. The van der Waals surface area contributed by atoms with E-state index in [0.29, 0.717) is 23.4 Å². The van der Waals surface area contributed by atoms with Crippen LogP contribution in [0.4, 0.5) is 0 Å². The Morgan fingerprint density at radius 2 is 1.80 bits per heavy atom. The van der Waals surface area contributed by atoms with Crippen molar-refractivity contribution in [2.24, 2.45) is 11.8 Å². The quantitative estimate of drug-likeness (QED) is 0.788. The van der Waals surface area contributed by atoms with E-state index in [9.17, 15) is 5.11 Å². The first kappa shape index (κ1) is 16.6. The topological polar surface area (TPSA) is 35.5 Å². The molecule has 3 nitrogen and oxygen atoms in total. The number of hydrogen-bond acceptors (Lipinski definition) is 4. The van der Waals surface area contributed by atoms with E-state index in [4.69, 9.17) is 0 Å². The minimum absolute atomic E-state index is 0.273. The first-order valence-corrected chi connectivity index (χ1v) is 9.49. The molecule has 0 aromatic rings. The third kappa shape index (κ3) is 3.70. The third-order valence-corrected chi connectivity index (χ3v) is 6.49. The van der Waals surface area contributed by atoms with Gasteiger partial charge in [-0.2, -0.15) is 11.8 Å². The molecule has 4 unspecified atom stereocenters. The van der Waals surface area contributed by atoms with E-state index in [1.165, 1.54) is 32.4 Å². The van der Waals surface area contributed by atoms with Gasteiger partial charge in [-0.25, -0.2) is 0 Å². The number of piperidine rings is 1. The molecule has 4 atom stereocenters. The van der Waals surface area contributed by atoms with E-state index < -0.39 is 0 Å². The molecule has 0 amide bonds. The van der Waals surface area contributed by atoms with Crippen molar-refractivity contribution in [1.82, 2.24) is 10.2 Å². The van der Waals surface area contributed by atoms with Gasteiger partial charge in [0.05, 0.1) is 6.61 Å². The van der Waals surface area contributed by atoms with Crippen molar-refractivity contribution in [1.29, 1.82) is 0 Å². The number of hydrogen-bond donors (Lipinski definition) is 2. The summed E-state index contributed by atoms with van der Waals surface area (Å²) in [6.45, 7) is 9.66. The second-order valence-corrected chi connectivity index (χ2v) is 8.01. The lowest BCUT2D eigenvalue weighted by Crippen LogP contribution is -2.60. The monoisotopic (exact) mass is 300 g/mol. The van der Waals surface area contributed by atoms with Crippen LogP contribution in [-0.2, 0) is 0 Å². The Kier molecular flexibility index (Phi) is 6.21. The summed E-state index contributed by atoms with van der Waals surface area (Å²) in [4.78, 5) is 2.66. The number of nitrogens with zero attached hydrogens (tertiary/aromatic N) is 1. The Hall–Kier alpha value is 0.230. The maximum absolute atomic E-state index is 9.47. The number of rotatable bonds is 6. The molecule has 2 aliphatic rings. The lowest BCUT2D eigenvalue weighted by atomic mass is 9.73. The van der Waals surface area contributed by atoms with Gasteiger partial charge in [0.2, 0.25) is 0 Å². The Labute approximate surface area is 128 Å². The van der Waals surface area contributed by atoms with Crippen molar-refractivity contribution >= 4 is 11.8 Å². The Balaban J connectivity index is 1.98. The summed E-state index contributed by atoms with van der Waals surface area (Å²) in [6, 6.07) is 1.73. The Bertz CT molecular complexity index is 282. The van der Waals surface area contributed by atoms with Crippen molar-refractivity contribution in [3.63, 3.8) is 0 Å². The number of aliphatic hydroxyl groups is 1. The van der Waals surface area contributed by atoms with Gasteiger partial charge in [0, 0.05) is 36.5 Å². The van der Waals surface area contributed by atoms with Gasteiger partial charge in [0.1, 0.15) is 0 Å². The lowest BCUT2D eigenvalue weighted by molar-refractivity contribution is 0.0250. The predicted molar refractivity (Wildman–Crippen MR) is 88.3 cm³/mol. The molecule has 1 aliphatic carbocycles. The van der Waals surface area contributed by atoms with Gasteiger partial charge in [0.15, 0.2) is 0 Å². The highest BCUT2D eigenvalue weighted by Gasteiger charge is 2.40. The van der Waals surface area contributed by atoms with E-state index in [2.05, 4.69) is 37.2 Å². The molecule has 2 rings (SSSR count). The average molecular weight is 301 g/mol. The van der Waals surface area contributed by atoms with Gasteiger partial charge < -0.3 is 15.3 Å². The number of aliphatic hydroxyl groups excluding tert-OH is 1. The predicted octanol–water partition coefficient (Wildman–Crippen LogP) is 2.20. The van der Waals surface area contributed by atoms with Crippen LogP contribution in [0.15, 0.2) is 0 Å². The molecule has 0 aromatic carbocycles. The molecular weight excluding hydrogens is 268 g/mol. The minimum atomic E-state index is 0.273. The molecule has 118 valence electrons. The zero-order valence-corrected chi connectivity index (χ0v) is 14.3. The Morgan fingerprint density at radius 3 is 2.25 bits per heavy atom. The van der Waals surface area contributed by atoms with E-state index in [1.54, 1.807) is 11.8 Å². The molecule has 1 heterocycles. The molecule has 1 saturated carbocycles. The second-order valence-electron chi connectivity index (χ2n) is 6.94. The van der Waals surface area contributed by atoms with Crippen LogP contribution >= 0.6 is 11.8 Å². The summed E-state index contributed by atoms with van der Waals surface area (Å²) >= 11 is 1.78. The summed E-state index contributed by atoms with van der Waals surface area (Å²) in [5.41, 5.74) is 0. The zero-order valence-electron chi connectivity index (χ0n) is 13.5. The molecule has 0 spiro atoms. The minimum Gasteiger partial charge on any atom is -0.395 e. The number of nitrogens with one attached hydrogen (secondary N) is 1. The molecule has 2 fully saturated rings. The SMILES string of the molecule is CSC(CO)C(C)NC1C2CCCC1CN(C(C)C)C2. The fourth-order valence-corrected chi connectivity index (χ4v) is 4.65. The third-order valence-electron chi connectivity index (χ3n) is 5.33. The van der Waals surface area contributed by atoms with Gasteiger partial charge in [-0.05, 0) is 51.7 Å². The molecular formula is C16H32N2OS. The van der Waals surface area contributed by atoms with Crippen LogP contribution in [0.25, 0.3) is 0 Å². The molecule has 2 N–H and O–H groups in total. The second kappa shape index (κ2) is 7.48. The fourth-order valence-electron chi connectivity index (χ4n) is 4.01. The Morgan fingerprint density at radius 1 is 1.20 bits per heavy atom. The van der Waals surface area contributed by atoms with Gasteiger partial charge >= 0.3 is 0 Å². The zero-order chi connectivity index (χ0) is 14.7. The highest BCUT2D eigenvalue weighted by Crippen LogP contribution is 2.36. The van der Waals surface area contributed by atoms with Crippen molar-refractivity contribution < 1.29 is 5.11 Å². The highest BCUT2D eigenvalue weighted by molar-refractivity contribution is 7.99. The standard InChI is InChI=1S/C16H32N2OS/c1-11(2)18-8-13-6-5-7-14(9-18)16(13)17-12(3)15(10-19)20-4/h11-17,19H,5-10H2,1-4H3. The summed E-state index contributed by atoms with van der Waals surface area (Å²) in [5.74, 6) is 1.60. The molecule has 1 saturated heterocycles. The van der Waals surface area contributed by atoms with Crippen LogP contribution in [-0.4, -0.2) is 59.3 Å². The summed E-state index contributed by atoms with van der Waals surface area (Å²) in [6.07, 6.45) is 6.24. The number of fused-ring (bicyclic) bond motifs is 2. The van der Waals surface area contributed by atoms with Crippen molar-refractivity contribution in [2.45, 2.75) is 63.4 Å². The van der Waals surface area contributed by atoms with E-state index >= 15 is 0 Å². The molecule has 2 bridgehead atoms. The number of thioether (sulfide) groups is 1. The summed E-state index contributed by atoms with van der Waals surface area (Å²) in [7, 11) is 0. The fraction of sp³-hybridized carbons (Fsp3) is 1.00. The number of likely N-dealkylation sites (tertiary alicyclic amines) is 1. The van der Waals surface area contributed by atoms with E-state index in [0.717, 1.165) is 11.8 Å². The van der Waals surface area contributed by atoms with Crippen LogP contribution in [0.2, 0.25) is 0 Å².